The van der Waals surface area contributed by atoms with Crippen molar-refractivity contribution in [2.45, 2.75) is 27.3 Å². The molecule has 0 atom stereocenters. The average Bonchev–Trinajstić information content (AvgIpc) is 2.73. The topological polar surface area (TPSA) is 97.2 Å². The third-order valence-corrected chi connectivity index (χ3v) is 4.72. The highest BCUT2D eigenvalue weighted by molar-refractivity contribution is 5.95. The van der Waals surface area contributed by atoms with E-state index in [0.717, 1.165) is 32.7 Å². The number of hydrazine groups is 1. The fraction of sp³-hybridized carbons (Fsp3) is 0.455. The van der Waals surface area contributed by atoms with Crippen LogP contribution in [0, 0.1) is 16.7 Å². The van der Waals surface area contributed by atoms with Gasteiger partial charge < -0.3 is 5.32 Å². The first-order valence-corrected chi connectivity index (χ1v) is 10.2. The minimum atomic E-state index is -0.218. The largest absolute Gasteiger partial charge is 0.314 e. The second-order valence-corrected chi connectivity index (χ2v) is 8.66. The van der Waals surface area contributed by atoms with Gasteiger partial charge in [0.25, 0.3) is 5.91 Å². The number of aromatic nitrogens is 2. The van der Waals surface area contributed by atoms with Gasteiger partial charge in [0.05, 0.1) is 0 Å². The molecule has 8 nitrogen and oxygen atoms in total. The van der Waals surface area contributed by atoms with E-state index in [1.807, 2.05) is 30.3 Å². The van der Waals surface area contributed by atoms with Crippen LogP contribution in [0.4, 0.5) is 5.82 Å². The highest BCUT2D eigenvalue weighted by atomic mass is 16.2. The number of piperazine rings is 1. The number of nitrogens with one attached hydrogen (secondary N) is 2. The number of nitriles is 1. The molecule has 1 fully saturated rings. The predicted molar refractivity (Wildman–Crippen MR) is 116 cm³/mol. The van der Waals surface area contributed by atoms with Gasteiger partial charge in [-0.25, -0.2) is 4.98 Å². The molecule has 0 saturated carbocycles. The smallest absolute Gasteiger partial charge is 0.269 e. The van der Waals surface area contributed by atoms with Crippen molar-refractivity contribution in [2.75, 3.05) is 37.7 Å². The number of hydrogen-bond acceptors (Lipinski definition) is 7. The zero-order valence-electron chi connectivity index (χ0n) is 17.9. The summed E-state index contributed by atoms with van der Waals surface area (Å²) in [6, 6.07) is 11.3. The lowest BCUT2D eigenvalue weighted by molar-refractivity contribution is 0.0945. The van der Waals surface area contributed by atoms with Crippen LogP contribution in [0.1, 0.15) is 42.5 Å². The first-order valence-electron chi connectivity index (χ1n) is 10.2. The van der Waals surface area contributed by atoms with Gasteiger partial charge in [-0.1, -0.05) is 32.9 Å². The maximum absolute atomic E-state index is 12.9. The molecule has 1 aliphatic heterocycles. The molecule has 1 amide bonds. The zero-order valence-corrected chi connectivity index (χ0v) is 17.9. The summed E-state index contributed by atoms with van der Waals surface area (Å²) in [5, 5.41) is 14.1. The number of carbonyl (C=O) groups is 1. The van der Waals surface area contributed by atoms with Gasteiger partial charge in [0.2, 0.25) is 5.82 Å². The molecule has 0 radical (unpaired) electrons. The molecule has 1 aromatic carbocycles. The van der Waals surface area contributed by atoms with Crippen molar-refractivity contribution in [2.24, 2.45) is 5.41 Å². The zero-order chi connectivity index (χ0) is 21.6. The summed E-state index contributed by atoms with van der Waals surface area (Å²) >= 11 is 0. The van der Waals surface area contributed by atoms with Crippen molar-refractivity contribution < 1.29 is 4.79 Å². The number of benzene rings is 1. The number of nitrogens with zero attached hydrogens (tertiary/aromatic N) is 5. The van der Waals surface area contributed by atoms with E-state index in [9.17, 15) is 4.79 Å². The van der Waals surface area contributed by atoms with E-state index in [1.165, 1.54) is 11.8 Å². The van der Waals surface area contributed by atoms with E-state index < -0.39 is 0 Å². The molecule has 1 aliphatic rings. The van der Waals surface area contributed by atoms with Gasteiger partial charge in [0, 0.05) is 57.1 Å². The summed E-state index contributed by atoms with van der Waals surface area (Å²) in [6.45, 7) is 11.7. The lowest BCUT2D eigenvalue weighted by atomic mass is 9.97. The molecule has 3 rings (SSSR count). The lowest BCUT2D eigenvalue weighted by Crippen LogP contribution is -2.47. The van der Waals surface area contributed by atoms with E-state index >= 15 is 0 Å². The minimum Gasteiger partial charge on any atom is -0.314 e. The van der Waals surface area contributed by atoms with Gasteiger partial charge in [0.1, 0.15) is 6.07 Å². The van der Waals surface area contributed by atoms with Crippen LogP contribution < -0.4 is 15.8 Å². The molecule has 2 heterocycles. The average molecular weight is 408 g/mol. The van der Waals surface area contributed by atoms with Gasteiger partial charge in [0.15, 0.2) is 5.82 Å². The first kappa shape index (κ1) is 21.7. The van der Waals surface area contributed by atoms with Crippen LogP contribution in [0.3, 0.4) is 0 Å². The van der Waals surface area contributed by atoms with Gasteiger partial charge >= 0.3 is 0 Å². The Morgan fingerprint density at radius 2 is 1.93 bits per heavy atom. The maximum atomic E-state index is 12.9. The molecule has 1 aromatic heterocycles. The molecule has 0 aliphatic carbocycles. The van der Waals surface area contributed by atoms with E-state index in [1.54, 1.807) is 11.1 Å². The van der Waals surface area contributed by atoms with E-state index in [2.05, 4.69) is 46.4 Å². The Morgan fingerprint density at radius 3 is 2.57 bits per heavy atom. The highest BCUT2D eigenvalue weighted by Gasteiger charge is 2.21. The molecule has 2 N–H and O–H groups in total. The highest BCUT2D eigenvalue weighted by Crippen LogP contribution is 2.19. The third-order valence-electron chi connectivity index (χ3n) is 4.72. The molecule has 0 unspecified atom stereocenters. The molecule has 2 aromatic rings. The number of carbonyl (C=O) groups excluding carboxylic acids is 1. The molecule has 1 saturated heterocycles. The van der Waals surface area contributed by atoms with Crippen LogP contribution in [-0.4, -0.2) is 53.5 Å². The Kier molecular flexibility index (Phi) is 6.98. The van der Waals surface area contributed by atoms with E-state index in [-0.39, 0.29) is 17.1 Å². The van der Waals surface area contributed by atoms with Gasteiger partial charge in [-0.15, -0.1) is 0 Å². The van der Waals surface area contributed by atoms with Crippen LogP contribution in [0.25, 0.3) is 0 Å². The number of hydrogen-bond donors (Lipinski definition) is 2. The summed E-state index contributed by atoms with van der Waals surface area (Å²) in [4.78, 5) is 23.4. The molecule has 0 bridgehead atoms. The molecule has 0 spiro atoms. The fourth-order valence-corrected chi connectivity index (χ4v) is 3.28. The Labute approximate surface area is 177 Å². The summed E-state index contributed by atoms with van der Waals surface area (Å²) in [7, 11) is 0. The SMILES string of the molecule is CC(C)(C)CN(NC(=O)c1ccc(CN2CCNCC2)cc1)c1ccnc(C#N)n1. The summed E-state index contributed by atoms with van der Waals surface area (Å²) < 4.78 is 0. The quantitative estimate of drug-likeness (QED) is 0.707. The molecule has 8 heteroatoms. The predicted octanol–water partition coefficient (Wildman–Crippen LogP) is 1.95. The Bertz CT molecular complexity index is 893. The van der Waals surface area contributed by atoms with Crippen molar-refractivity contribution in [3.05, 3.63) is 53.5 Å². The minimum absolute atomic E-state index is 0.0675. The standard InChI is InChI=1S/C22H29N7O/c1-22(2,3)16-29(20-8-9-25-19(14-23)26-20)27-21(30)18-6-4-17(5-7-18)15-28-12-10-24-11-13-28/h4-9,24H,10-13,15-16H2,1-3H3,(H,27,30). The number of amides is 1. The molecule has 30 heavy (non-hydrogen) atoms. The Morgan fingerprint density at radius 1 is 1.23 bits per heavy atom. The van der Waals surface area contributed by atoms with Crippen molar-refractivity contribution in [1.82, 2.24) is 25.6 Å². The van der Waals surface area contributed by atoms with Crippen LogP contribution in [0.15, 0.2) is 36.5 Å². The Hall–Kier alpha value is -3.02. The molecular formula is C22H29N7O. The number of anilines is 1. The van der Waals surface area contributed by atoms with E-state index in [4.69, 9.17) is 5.26 Å². The van der Waals surface area contributed by atoms with Gasteiger partial charge in [-0.05, 0) is 23.1 Å². The molecular weight excluding hydrogens is 378 g/mol. The van der Waals surface area contributed by atoms with Crippen molar-refractivity contribution in [3.8, 4) is 6.07 Å². The monoisotopic (exact) mass is 407 g/mol. The van der Waals surface area contributed by atoms with Crippen LogP contribution >= 0.6 is 0 Å². The van der Waals surface area contributed by atoms with Crippen LogP contribution in [-0.2, 0) is 6.54 Å². The molecule has 158 valence electrons. The van der Waals surface area contributed by atoms with Crippen molar-refractivity contribution in [1.29, 1.82) is 5.26 Å². The van der Waals surface area contributed by atoms with E-state index in [0.29, 0.717) is 17.9 Å². The maximum Gasteiger partial charge on any atom is 0.269 e. The van der Waals surface area contributed by atoms with Gasteiger partial charge in [-0.3, -0.25) is 20.1 Å². The third kappa shape index (κ3) is 6.24. The summed E-state index contributed by atoms with van der Waals surface area (Å²) in [6.07, 6.45) is 1.52. The summed E-state index contributed by atoms with van der Waals surface area (Å²) in [5.41, 5.74) is 4.60. The van der Waals surface area contributed by atoms with Crippen molar-refractivity contribution in [3.63, 3.8) is 0 Å². The Balaban J connectivity index is 1.70. The fourth-order valence-electron chi connectivity index (χ4n) is 3.28. The normalized spacial score (nSPS) is 14.7. The van der Waals surface area contributed by atoms with Crippen molar-refractivity contribution >= 4 is 11.7 Å². The number of rotatable bonds is 6. The first-order chi connectivity index (χ1) is 14.3. The second-order valence-electron chi connectivity index (χ2n) is 8.66. The van der Waals surface area contributed by atoms with Crippen LogP contribution in [0.5, 0.6) is 0 Å². The lowest BCUT2D eigenvalue weighted by Gasteiger charge is -2.31. The summed E-state index contributed by atoms with van der Waals surface area (Å²) in [5.74, 6) is 0.336. The van der Waals surface area contributed by atoms with Crippen LogP contribution in [0.2, 0.25) is 0 Å². The second kappa shape index (κ2) is 9.65. The van der Waals surface area contributed by atoms with Gasteiger partial charge in [-0.2, -0.15) is 10.2 Å².